The van der Waals surface area contributed by atoms with Crippen LogP contribution < -0.4 is 5.32 Å². The Morgan fingerprint density at radius 3 is 2.83 bits per heavy atom. The molecule has 1 aliphatic rings. The maximum Gasteiger partial charge on any atom is 0.0682 e. The zero-order valence-corrected chi connectivity index (χ0v) is 13.7. The molecule has 4 heteroatoms. The van der Waals surface area contributed by atoms with E-state index in [1.165, 1.54) is 11.1 Å². The van der Waals surface area contributed by atoms with Gasteiger partial charge in [-0.05, 0) is 30.5 Å². The Kier molecular flexibility index (Phi) is 5.39. The van der Waals surface area contributed by atoms with Crippen LogP contribution >= 0.6 is 0 Å². The van der Waals surface area contributed by atoms with Crippen LogP contribution in [0.25, 0.3) is 0 Å². The molecule has 2 N–H and O–H groups in total. The number of rotatable bonds is 6. The van der Waals surface area contributed by atoms with Gasteiger partial charge in [-0.25, -0.2) is 0 Å². The van der Waals surface area contributed by atoms with Crippen molar-refractivity contribution in [2.24, 2.45) is 0 Å². The number of pyridine rings is 1. The summed E-state index contributed by atoms with van der Waals surface area (Å²) < 4.78 is 0. The van der Waals surface area contributed by atoms with E-state index in [-0.39, 0.29) is 6.10 Å². The molecular weight excluding hydrogens is 286 g/mol. The second-order valence-corrected chi connectivity index (χ2v) is 6.34. The summed E-state index contributed by atoms with van der Waals surface area (Å²) in [6, 6.07) is 14.9. The molecule has 2 atom stereocenters. The Hall–Kier alpha value is -1.75. The van der Waals surface area contributed by atoms with Gasteiger partial charge < -0.3 is 10.4 Å². The van der Waals surface area contributed by atoms with Crippen LogP contribution in [0.4, 0.5) is 0 Å². The summed E-state index contributed by atoms with van der Waals surface area (Å²) in [5, 5.41) is 13.6. The van der Waals surface area contributed by atoms with E-state index in [2.05, 4.69) is 45.5 Å². The van der Waals surface area contributed by atoms with Crippen molar-refractivity contribution >= 4 is 0 Å². The van der Waals surface area contributed by atoms with Crippen molar-refractivity contribution in [2.45, 2.75) is 38.6 Å². The van der Waals surface area contributed by atoms with Gasteiger partial charge >= 0.3 is 0 Å². The van der Waals surface area contributed by atoms with Crippen LogP contribution in [0.1, 0.15) is 23.2 Å². The van der Waals surface area contributed by atoms with Crippen molar-refractivity contribution in [3.63, 3.8) is 0 Å². The van der Waals surface area contributed by atoms with Crippen LogP contribution in [0.3, 0.4) is 0 Å². The van der Waals surface area contributed by atoms with Gasteiger partial charge in [-0.2, -0.15) is 0 Å². The lowest BCUT2D eigenvalue weighted by molar-refractivity contribution is 0.172. The SMILES string of the molecule is Cc1ncccc1CNCC1CC(O)CN1Cc1ccccc1. The molecule has 1 fully saturated rings. The van der Waals surface area contributed by atoms with Gasteiger partial charge in [0.2, 0.25) is 0 Å². The van der Waals surface area contributed by atoms with Crippen molar-refractivity contribution < 1.29 is 5.11 Å². The van der Waals surface area contributed by atoms with E-state index in [0.29, 0.717) is 6.04 Å². The van der Waals surface area contributed by atoms with E-state index in [0.717, 1.165) is 38.3 Å². The number of aromatic nitrogens is 1. The molecule has 1 aromatic carbocycles. The maximum absolute atomic E-state index is 10.0. The zero-order valence-electron chi connectivity index (χ0n) is 13.7. The van der Waals surface area contributed by atoms with Crippen LogP contribution in [0.15, 0.2) is 48.7 Å². The average molecular weight is 311 g/mol. The van der Waals surface area contributed by atoms with Crippen molar-refractivity contribution in [1.29, 1.82) is 0 Å². The van der Waals surface area contributed by atoms with Gasteiger partial charge in [0, 0.05) is 44.1 Å². The molecule has 0 bridgehead atoms. The number of β-amino-alcohol motifs (C(OH)–C–C–N with tert-alkyl or cyclic N) is 1. The molecule has 0 radical (unpaired) electrons. The Balaban J connectivity index is 1.54. The number of hydrogen-bond donors (Lipinski definition) is 2. The number of aliphatic hydroxyl groups is 1. The summed E-state index contributed by atoms with van der Waals surface area (Å²) in [5.41, 5.74) is 3.61. The fraction of sp³-hybridized carbons (Fsp3) is 0.421. The highest BCUT2D eigenvalue weighted by Crippen LogP contribution is 2.20. The first-order valence-electron chi connectivity index (χ1n) is 8.29. The molecule has 23 heavy (non-hydrogen) atoms. The second-order valence-electron chi connectivity index (χ2n) is 6.34. The monoisotopic (exact) mass is 311 g/mol. The normalized spacial score (nSPS) is 21.7. The first-order valence-corrected chi connectivity index (χ1v) is 8.29. The summed E-state index contributed by atoms with van der Waals surface area (Å²) in [5.74, 6) is 0. The largest absolute Gasteiger partial charge is 0.392 e. The van der Waals surface area contributed by atoms with Crippen molar-refractivity contribution in [2.75, 3.05) is 13.1 Å². The highest BCUT2D eigenvalue weighted by Gasteiger charge is 2.30. The number of aliphatic hydroxyl groups excluding tert-OH is 1. The number of likely N-dealkylation sites (tertiary alicyclic amines) is 1. The topological polar surface area (TPSA) is 48.4 Å². The third-order valence-electron chi connectivity index (χ3n) is 4.55. The molecule has 1 aromatic heterocycles. The van der Waals surface area contributed by atoms with E-state index < -0.39 is 0 Å². The first kappa shape index (κ1) is 16.1. The summed E-state index contributed by atoms with van der Waals surface area (Å²) in [4.78, 5) is 6.70. The second kappa shape index (κ2) is 7.68. The van der Waals surface area contributed by atoms with Crippen LogP contribution in [0, 0.1) is 6.92 Å². The average Bonchev–Trinajstić information content (AvgIpc) is 2.90. The minimum atomic E-state index is -0.217. The Morgan fingerprint density at radius 1 is 1.22 bits per heavy atom. The molecule has 0 amide bonds. The van der Waals surface area contributed by atoms with Crippen molar-refractivity contribution in [1.82, 2.24) is 15.2 Å². The Bertz CT molecular complexity index is 617. The lowest BCUT2D eigenvalue weighted by atomic mass is 10.1. The van der Waals surface area contributed by atoms with Crippen LogP contribution in [0.2, 0.25) is 0 Å². The molecule has 2 aromatic rings. The highest BCUT2D eigenvalue weighted by atomic mass is 16.3. The lowest BCUT2D eigenvalue weighted by Gasteiger charge is -2.24. The van der Waals surface area contributed by atoms with Gasteiger partial charge in [0.25, 0.3) is 0 Å². The summed E-state index contributed by atoms with van der Waals surface area (Å²) >= 11 is 0. The predicted octanol–water partition coefficient (Wildman–Crippen LogP) is 2.12. The Labute approximate surface area is 138 Å². The molecule has 122 valence electrons. The van der Waals surface area contributed by atoms with Crippen LogP contribution in [-0.2, 0) is 13.1 Å². The molecule has 2 heterocycles. The van der Waals surface area contributed by atoms with Gasteiger partial charge in [-0.1, -0.05) is 36.4 Å². The van der Waals surface area contributed by atoms with E-state index in [4.69, 9.17) is 0 Å². The number of nitrogens with one attached hydrogen (secondary N) is 1. The third kappa shape index (κ3) is 4.38. The van der Waals surface area contributed by atoms with Gasteiger partial charge in [-0.15, -0.1) is 0 Å². The molecule has 0 spiro atoms. The standard InChI is InChI=1S/C19H25N3O/c1-15-17(8-5-9-21-15)11-20-12-18-10-19(23)14-22(18)13-16-6-3-2-4-7-16/h2-9,18-20,23H,10-14H2,1H3. The Morgan fingerprint density at radius 2 is 2.04 bits per heavy atom. The predicted molar refractivity (Wildman–Crippen MR) is 91.9 cm³/mol. The van der Waals surface area contributed by atoms with Gasteiger partial charge in [-0.3, -0.25) is 9.88 Å². The van der Waals surface area contributed by atoms with Gasteiger partial charge in [0.1, 0.15) is 0 Å². The molecule has 4 nitrogen and oxygen atoms in total. The quantitative estimate of drug-likeness (QED) is 0.858. The van der Waals surface area contributed by atoms with E-state index in [1.807, 2.05) is 25.3 Å². The smallest absolute Gasteiger partial charge is 0.0682 e. The van der Waals surface area contributed by atoms with Crippen LogP contribution in [-0.4, -0.2) is 40.2 Å². The minimum Gasteiger partial charge on any atom is -0.392 e. The van der Waals surface area contributed by atoms with Crippen LogP contribution in [0.5, 0.6) is 0 Å². The van der Waals surface area contributed by atoms with Gasteiger partial charge in [0.05, 0.1) is 6.10 Å². The number of aryl methyl sites for hydroxylation is 1. The van der Waals surface area contributed by atoms with Gasteiger partial charge in [0.15, 0.2) is 0 Å². The number of benzene rings is 1. The molecule has 0 saturated carbocycles. The van der Waals surface area contributed by atoms with Crippen molar-refractivity contribution in [3.8, 4) is 0 Å². The maximum atomic E-state index is 10.0. The molecule has 2 unspecified atom stereocenters. The fourth-order valence-corrected chi connectivity index (χ4v) is 3.26. The summed E-state index contributed by atoms with van der Waals surface area (Å²) in [6.45, 7) is 5.41. The summed E-state index contributed by atoms with van der Waals surface area (Å²) in [6.07, 6.45) is 2.45. The molecular formula is C19H25N3O. The highest BCUT2D eigenvalue weighted by molar-refractivity contribution is 5.18. The molecule has 3 rings (SSSR count). The molecule has 1 saturated heterocycles. The lowest BCUT2D eigenvalue weighted by Crippen LogP contribution is -2.37. The zero-order chi connectivity index (χ0) is 16.1. The first-order chi connectivity index (χ1) is 11.2. The summed E-state index contributed by atoms with van der Waals surface area (Å²) in [7, 11) is 0. The molecule has 1 aliphatic heterocycles. The van der Waals surface area contributed by atoms with E-state index >= 15 is 0 Å². The number of hydrogen-bond acceptors (Lipinski definition) is 4. The van der Waals surface area contributed by atoms with E-state index in [9.17, 15) is 5.11 Å². The molecule has 0 aliphatic carbocycles. The third-order valence-corrected chi connectivity index (χ3v) is 4.55. The van der Waals surface area contributed by atoms with E-state index in [1.54, 1.807) is 0 Å². The number of nitrogens with zero attached hydrogens (tertiary/aromatic N) is 2. The fourth-order valence-electron chi connectivity index (χ4n) is 3.26. The van der Waals surface area contributed by atoms with Crippen molar-refractivity contribution in [3.05, 3.63) is 65.5 Å². The minimum absolute atomic E-state index is 0.217.